The maximum atomic E-state index is 4.86. The molecule has 0 radical (unpaired) electrons. The third kappa shape index (κ3) is 2.34. The first kappa shape index (κ1) is 13.9. The van der Waals surface area contributed by atoms with Gasteiger partial charge in [-0.3, -0.25) is 4.90 Å². The lowest BCUT2D eigenvalue weighted by molar-refractivity contribution is 0.166. The molecule has 1 fully saturated rings. The highest BCUT2D eigenvalue weighted by molar-refractivity contribution is 5.30. The highest BCUT2D eigenvalue weighted by Gasteiger charge is 2.40. The summed E-state index contributed by atoms with van der Waals surface area (Å²) >= 11 is 0. The molecule has 22 heavy (non-hydrogen) atoms. The molecule has 3 heterocycles. The Morgan fingerprint density at radius 2 is 2.00 bits per heavy atom. The summed E-state index contributed by atoms with van der Waals surface area (Å²) in [5, 5.41) is 0. The number of fused-ring (bicyclic) bond motifs is 4. The summed E-state index contributed by atoms with van der Waals surface area (Å²) in [6.07, 6.45) is 5.71. The van der Waals surface area contributed by atoms with Crippen molar-refractivity contribution in [2.24, 2.45) is 0 Å². The van der Waals surface area contributed by atoms with Crippen molar-refractivity contribution in [3.05, 3.63) is 59.2 Å². The van der Waals surface area contributed by atoms with Gasteiger partial charge in [-0.05, 0) is 18.4 Å². The third-order valence-electron chi connectivity index (χ3n) is 5.07. The van der Waals surface area contributed by atoms with Crippen LogP contribution in [0.2, 0.25) is 0 Å². The van der Waals surface area contributed by atoms with Crippen LogP contribution in [-0.4, -0.2) is 20.9 Å². The van der Waals surface area contributed by atoms with Gasteiger partial charge >= 0.3 is 0 Å². The van der Waals surface area contributed by atoms with E-state index in [-0.39, 0.29) is 0 Å². The molecule has 2 aliphatic rings. The molecule has 1 aromatic heterocycles. The van der Waals surface area contributed by atoms with Crippen LogP contribution in [0.4, 0.5) is 0 Å². The fourth-order valence-corrected chi connectivity index (χ4v) is 3.91. The molecule has 0 N–H and O–H groups in total. The predicted octanol–water partition coefficient (Wildman–Crippen LogP) is 3.86. The molecule has 2 aliphatic heterocycles. The zero-order valence-corrected chi connectivity index (χ0v) is 13.4. The Balaban J connectivity index is 1.63. The molecule has 1 aromatic carbocycles. The van der Waals surface area contributed by atoms with Gasteiger partial charge in [-0.1, -0.05) is 44.2 Å². The zero-order chi connectivity index (χ0) is 15.1. The molecule has 3 nitrogen and oxygen atoms in total. The summed E-state index contributed by atoms with van der Waals surface area (Å²) < 4.78 is 0. The molecule has 0 spiro atoms. The maximum Gasteiger partial charge on any atom is 0.131 e. The highest BCUT2D eigenvalue weighted by Crippen LogP contribution is 2.43. The number of nitrogens with zero attached hydrogens (tertiary/aromatic N) is 3. The van der Waals surface area contributed by atoms with E-state index in [1.54, 1.807) is 0 Å². The van der Waals surface area contributed by atoms with Crippen molar-refractivity contribution in [2.75, 3.05) is 0 Å². The van der Waals surface area contributed by atoms with E-state index in [0.717, 1.165) is 18.8 Å². The van der Waals surface area contributed by atoms with Crippen LogP contribution in [0.15, 0.2) is 36.5 Å². The Morgan fingerprint density at radius 3 is 2.77 bits per heavy atom. The summed E-state index contributed by atoms with van der Waals surface area (Å²) in [7, 11) is 0. The number of hydrogen-bond acceptors (Lipinski definition) is 3. The van der Waals surface area contributed by atoms with E-state index in [1.165, 1.54) is 29.7 Å². The van der Waals surface area contributed by atoms with Crippen LogP contribution in [0.25, 0.3) is 0 Å². The maximum absolute atomic E-state index is 4.86. The molecule has 2 atom stereocenters. The monoisotopic (exact) mass is 293 g/mol. The minimum absolute atomic E-state index is 0.408. The van der Waals surface area contributed by atoms with Gasteiger partial charge in [0.05, 0.1) is 5.69 Å². The van der Waals surface area contributed by atoms with Crippen molar-refractivity contribution in [3.63, 3.8) is 0 Å². The Hall–Kier alpha value is -1.74. The smallest absolute Gasteiger partial charge is 0.131 e. The lowest BCUT2D eigenvalue weighted by Gasteiger charge is -2.35. The molecular formula is C19H23N3. The topological polar surface area (TPSA) is 29.0 Å². The van der Waals surface area contributed by atoms with Gasteiger partial charge in [-0.15, -0.1) is 0 Å². The van der Waals surface area contributed by atoms with E-state index in [4.69, 9.17) is 4.98 Å². The van der Waals surface area contributed by atoms with Gasteiger partial charge in [0.25, 0.3) is 0 Å². The van der Waals surface area contributed by atoms with Crippen molar-refractivity contribution >= 4 is 0 Å². The van der Waals surface area contributed by atoms with Crippen molar-refractivity contribution in [1.82, 2.24) is 14.9 Å². The second-order valence-electron chi connectivity index (χ2n) is 6.89. The highest BCUT2D eigenvalue weighted by atomic mass is 15.2. The quantitative estimate of drug-likeness (QED) is 0.860. The van der Waals surface area contributed by atoms with Crippen LogP contribution < -0.4 is 0 Å². The number of hydrogen-bond donors (Lipinski definition) is 0. The fourth-order valence-electron chi connectivity index (χ4n) is 3.91. The molecule has 114 valence electrons. The molecule has 0 saturated carbocycles. The van der Waals surface area contributed by atoms with Crippen molar-refractivity contribution < 1.29 is 0 Å². The van der Waals surface area contributed by atoms with E-state index < -0.39 is 0 Å². The predicted molar refractivity (Wildman–Crippen MR) is 87.6 cm³/mol. The summed E-state index contributed by atoms with van der Waals surface area (Å²) in [6, 6.07) is 12.0. The lowest BCUT2D eigenvalue weighted by Crippen LogP contribution is -2.37. The van der Waals surface area contributed by atoms with E-state index in [2.05, 4.69) is 60.3 Å². The van der Waals surface area contributed by atoms with Crippen molar-refractivity contribution in [3.8, 4) is 0 Å². The molecule has 0 unspecified atom stereocenters. The van der Waals surface area contributed by atoms with Crippen LogP contribution >= 0.6 is 0 Å². The number of aromatic nitrogens is 2. The fraction of sp³-hybridized carbons (Fsp3) is 0.474. The van der Waals surface area contributed by atoms with E-state index in [1.807, 2.05) is 0 Å². The SMILES string of the molecule is CC(C)c1ncc2c(n1)C[C@@H]1CC[C@@H]2N1Cc1ccccc1. The molecular weight excluding hydrogens is 270 g/mol. The average molecular weight is 293 g/mol. The van der Waals surface area contributed by atoms with Gasteiger partial charge in [-0.25, -0.2) is 9.97 Å². The second-order valence-corrected chi connectivity index (χ2v) is 6.89. The first-order valence-corrected chi connectivity index (χ1v) is 8.37. The van der Waals surface area contributed by atoms with Crippen LogP contribution in [0.5, 0.6) is 0 Å². The molecule has 0 amide bonds. The number of rotatable bonds is 3. The van der Waals surface area contributed by atoms with E-state index >= 15 is 0 Å². The Morgan fingerprint density at radius 1 is 1.18 bits per heavy atom. The zero-order valence-electron chi connectivity index (χ0n) is 13.4. The van der Waals surface area contributed by atoms with Crippen LogP contribution in [0.1, 0.15) is 61.3 Å². The largest absolute Gasteiger partial charge is 0.289 e. The van der Waals surface area contributed by atoms with Crippen LogP contribution in [0, 0.1) is 0 Å². The van der Waals surface area contributed by atoms with Gasteiger partial charge in [0.1, 0.15) is 5.82 Å². The third-order valence-corrected chi connectivity index (χ3v) is 5.07. The first-order chi connectivity index (χ1) is 10.7. The Kier molecular flexibility index (Phi) is 3.45. The van der Waals surface area contributed by atoms with Gasteiger partial charge in [0, 0.05) is 42.7 Å². The van der Waals surface area contributed by atoms with Gasteiger partial charge in [-0.2, -0.15) is 0 Å². The van der Waals surface area contributed by atoms with Crippen molar-refractivity contribution in [2.45, 2.75) is 57.7 Å². The standard InChI is InChI=1S/C19H23N3/c1-13(2)19-20-11-16-17(21-19)10-15-8-9-18(16)22(15)12-14-6-4-3-5-7-14/h3-7,11,13,15,18H,8-10,12H2,1-2H3/t15-,18-/m0/s1. The molecule has 0 aliphatic carbocycles. The summed E-state index contributed by atoms with van der Waals surface area (Å²) in [6.45, 7) is 5.38. The Bertz CT molecular complexity index is 666. The van der Waals surface area contributed by atoms with E-state index in [9.17, 15) is 0 Å². The molecule has 2 bridgehead atoms. The Labute approximate surface area is 132 Å². The second kappa shape index (κ2) is 5.47. The molecule has 1 saturated heterocycles. The van der Waals surface area contributed by atoms with Crippen LogP contribution in [0.3, 0.4) is 0 Å². The summed E-state index contributed by atoms with van der Waals surface area (Å²) in [5.41, 5.74) is 4.08. The van der Waals surface area contributed by atoms with Crippen molar-refractivity contribution in [1.29, 1.82) is 0 Å². The van der Waals surface area contributed by atoms with E-state index in [0.29, 0.717) is 18.0 Å². The van der Waals surface area contributed by atoms with Crippen LogP contribution in [-0.2, 0) is 13.0 Å². The first-order valence-electron chi connectivity index (χ1n) is 8.37. The minimum atomic E-state index is 0.408. The van der Waals surface area contributed by atoms with Gasteiger partial charge in [0.2, 0.25) is 0 Å². The molecule has 3 heteroatoms. The summed E-state index contributed by atoms with van der Waals surface area (Å²) in [5.74, 6) is 1.40. The van der Waals surface area contributed by atoms with Gasteiger partial charge in [0.15, 0.2) is 0 Å². The van der Waals surface area contributed by atoms with Gasteiger partial charge < -0.3 is 0 Å². The molecule has 4 rings (SSSR count). The molecule has 2 aromatic rings. The lowest BCUT2D eigenvalue weighted by atomic mass is 9.98. The minimum Gasteiger partial charge on any atom is -0.289 e. The number of benzene rings is 1. The average Bonchev–Trinajstić information content (AvgIpc) is 2.80. The normalized spacial score (nSPS) is 23.8. The summed E-state index contributed by atoms with van der Waals surface area (Å²) in [4.78, 5) is 12.1.